The molecule has 136 valence electrons. The van der Waals surface area contributed by atoms with E-state index in [0.29, 0.717) is 0 Å². The second-order valence-corrected chi connectivity index (χ2v) is 7.37. The van der Waals surface area contributed by atoms with Gasteiger partial charge in [-0.25, -0.2) is 14.4 Å². The number of rotatable bonds is 4. The Bertz CT molecular complexity index is 1240. The van der Waals surface area contributed by atoms with Gasteiger partial charge in [0.05, 0.1) is 11.9 Å². The molecule has 0 bridgehead atoms. The molecule has 0 atom stereocenters. The molecule has 0 saturated heterocycles. The van der Waals surface area contributed by atoms with Crippen LogP contribution in [0.2, 0.25) is 0 Å². The third-order valence-corrected chi connectivity index (χ3v) is 5.34. The third kappa shape index (κ3) is 3.18. The second-order valence-electron chi connectivity index (χ2n) is 6.51. The fraction of sp³-hybridized carbons (Fsp3) is 0.0455. The number of pyridine rings is 1. The molecule has 0 aliphatic rings. The Balaban J connectivity index is 1.51. The summed E-state index contributed by atoms with van der Waals surface area (Å²) >= 11 is 1.42. The van der Waals surface area contributed by atoms with Crippen LogP contribution < -0.4 is 0 Å². The number of benzene rings is 2. The average Bonchev–Trinajstić information content (AvgIpc) is 3.38. The van der Waals surface area contributed by atoms with Gasteiger partial charge < -0.3 is 0 Å². The minimum atomic E-state index is -0.235. The maximum absolute atomic E-state index is 13.2. The first kappa shape index (κ1) is 16.8. The number of hydrogen-bond acceptors (Lipinski definition) is 4. The molecule has 0 amide bonds. The van der Waals surface area contributed by atoms with Crippen LogP contribution in [0.4, 0.5) is 4.39 Å². The van der Waals surface area contributed by atoms with Crippen LogP contribution in [-0.2, 0) is 6.42 Å². The number of hydrogen-bond donors (Lipinski definition) is 0. The van der Waals surface area contributed by atoms with Crippen LogP contribution in [0.25, 0.3) is 28.0 Å². The first-order valence-corrected chi connectivity index (χ1v) is 9.61. The number of aromatic nitrogens is 4. The van der Waals surface area contributed by atoms with Gasteiger partial charge in [0.2, 0.25) is 0 Å². The summed E-state index contributed by atoms with van der Waals surface area (Å²) in [5.41, 5.74) is 6.14. The van der Waals surface area contributed by atoms with Gasteiger partial charge in [0.1, 0.15) is 22.8 Å². The summed E-state index contributed by atoms with van der Waals surface area (Å²) < 4.78 is 19.3. The zero-order valence-corrected chi connectivity index (χ0v) is 15.6. The fourth-order valence-corrected chi connectivity index (χ4v) is 3.85. The van der Waals surface area contributed by atoms with Gasteiger partial charge in [0.15, 0.2) is 0 Å². The van der Waals surface area contributed by atoms with E-state index < -0.39 is 0 Å². The first-order valence-electron chi connectivity index (χ1n) is 8.84. The molecule has 0 unspecified atom stereocenters. The van der Waals surface area contributed by atoms with Crippen molar-refractivity contribution in [3.8, 4) is 22.4 Å². The molecule has 28 heavy (non-hydrogen) atoms. The van der Waals surface area contributed by atoms with Crippen molar-refractivity contribution in [2.75, 3.05) is 0 Å². The lowest BCUT2D eigenvalue weighted by Crippen LogP contribution is -1.91. The topological polar surface area (TPSA) is 43.1 Å². The van der Waals surface area contributed by atoms with E-state index in [1.54, 1.807) is 18.5 Å². The zero-order chi connectivity index (χ0) is 18.9. The van der Waals surface area contributed by atoms with Crippen molar-refractivity contribution in [2.45, 2.75) is 6.42 Å². The molecule has 5 rings (SSSR count). The number of imidazole rings is 1. The smallest absolute Gasteiger partial charge is 0.137 e. The fourth-order valence-electron chi connectivity index (χ4n) is 3.31. The van der Waals surface area contributed by atoms with Gasteiger partial charge in [-0.1, -0.05) is 30.3 Å². The predicted molar refractivity (Wildman–Crippen MR) is 109 cm³/mol. The Morgan fingerprint density at radius 2 is 1.79 bits per heavy atom. The van der Waals surface area contributed by atoms with E-state index in [2.05, 4.69) is 43.0 Å². The highest BCUT2D eigenvalue weighted by atomic mass is 32.1. The molecular formula is C22H15FN4S. The quantitative estimate of drug-likeness (QED) is 0.424. The minimum Gasteiger partial charge on any atom is -0.300 e. The van der Waals surface area contributed by atoms with E-state index in [-0.39, 0.29) is 5.82 Å². The molecule has 3 heterocycles. The molecular weight excluding hydrogens is 371 g/mol. The van der Waals surface area contributed by atoms with E-state index in [1.165, 1.54) is 29.2 Å². The number of halogens is 1. The maximum Gasteiger partial charge on any atom is 0.137 e. The molecule has 0 aliphatic carbocycles. The lowest BCUT2D eigenvalue weighted by atomic mass is 10.1. The van der Waals surface area contributed by atoms with E-state index in [4.69, 9.17) is 0 Å². The molecule has 0 N–H and O–H groups in total. The lowest BCUT2D eigenvalue weighted by Gasteiger charge is -2.06. The van der Waals surface area contributed by atoms with Gasteiger partial charge in [0, 0.05) is 18.2 Å². The van der Waals surface area contributed by atoms with Crippen LogP contribution in [0.3, 0.4) is 0 Å². The predicted octanol–water partition coefficient (Wildman–Crippen LogP) is 5.25. The highest BCUT2D eigenvalue weighted by Crippen LogP contribution is 2.26. The van der Waals surface area contributed by atoms with Crippen molar-refractivity contribution in [3.63, 3.8) is 0 Å². The SMILES string of the molecule is Fc1ccc(-c2ccn3c(-c4cccc(Cc5ncns5)c4)cnc3c2)cc1. The molecule has 6 heteroatoms. The Kier molecular flexibility index (Phi) is 4.18. The zero-order valence-electron chi connectivity index (χ0n) is 14.8. The van der Waals surface area contributed by atoms with Crippen LogP contribution in [0, 0.1) is 5.82 Å². The Hall–Kier alpha value is -3.38. The summed E-state index contributed by atoms with van der Waals surface area (Å²) in [7, 11) is 0. The van der Waals surface area contributed by atoms with Gasteiger partial charge in [0.25, 0.3) is 0 Å². The average molecular weight is 386 g/mol. The maximum atomic E-state index is 13.2. The largest absolute Gasteiger partial charge is 0.300 e. The Labute approximate surface area is 165 Å². The van der Waals surface area contributed by atoms with Crippen molar-refractivity contribution >= 4 is 17.2 Å². The van der Waals surface area contributed by atoms with Crippen molar-refractivity contribution in [2.24, 2.45) is 0 Å². The second kappa shape index (κ2) is 6.98. The van der Waals surface area contributed by atoms with Gasteiger partial charge in [-0.15, -0.1) is 0 Å². The molecule has 0 fully saturated rings. The van der Waals surface area contributed by atoms with Crippen molar-refractivity contribution in [1.82, 2.24) is 18.7 Å². The van der Waals surface area contributed by atoms with Crippen LogP contribution in [0.5, 0.6) is 0 Å². The third-order valence-electron chi connectivity index (χ3n) is 4.68. The van der Waals surface area contributed by atoms with E-state index in [9.17, 15) is 4.39 Å². The summed E-state index contributed by atoms with van der Waals surface area (Å²) in [5.74, 6) is -0.235. The van der Waals surface area contributed by atoms with Crippen LogP contribution in [-0.4, -0.2) is 18.7 Å². The highest BCUT2D eigenvalue weighted by Gasteiger charge is 2.09. The highest BCUT2D eigenvalue weighted by molar-refractivity contribution is 7.05. The minimum absolute atomic E-state index is 0.235. The van der Waals surface area contributed by atoms with Crippen molar-refractivity contribution in [1.29, 1.82) is 0 Å². The van der Waals surface area contributed by atoms with E-state index in [1.807, 2.05) is 24.5 Å². The number of fused-ring (bicyclic) bond motifs is 1. The summed E-state index contributed by atoms with van der Waals surface area (Å²) in [6.07, 6.45) is 6.25. The molecule has 4 nitrogen and oxygen atoms in total. The van der Waals surface area contributed by atoms with E-state index >= 15 is 0 Å². The molecule has 0 saturated carbocycles. The van der Waals surface area contributed by atoms with Crippen LogP contribution in [0.1, 0.15) is 10.6 Å². The van der Waals surface area contributed by atoms with Gasteiger partial charge in [-0.3, -0.25) is 4.40 Å². The summed E-state index contributed by atoms with van der Waals surface area (Å²) in [6, 6.07) is 18.9. The van der Waals surface area contributed by atoms with Gasteiger partial charge in [-0.05, 0) is 58.6 Å². The summed E-state index contributed by atoms with van der Waals surface area (Å²) in [4.78, 5) is 8.84. The first-order chi connectivity index (χ1) is 13.8. The normalized spacial score (nSPS) is 11.2. The Morgan fingerprint density at radius 3 is 2.61 bits per heavy atom. The van der Waals surface area contributed by atoms with Gasteiger partial charge >= 0.3 is 0 Å². The molecule has 0 spiro atoms. The standard InChI is InChI=1S/C22H15FN4S/c23-19-6-4-16(5-7-19)17-8-9-27-20(13-24-21(27)12-17)18-3-1-2-15(10-18)11-22-25-14-26-28-22/h1-10,12-14H,11H2. The monoisotopic (exact) mass is 386 g/mol. The van der Waals surface area contributed by atoms with Crippen molar-refractivity contribution in [3.05, 3.63) is 95.8 Å². The molecule has 0 aliphatic heterocycles. The van der Waals surface area contributed by atoms with Crippen LogP contribution in [0.15, 0.2) is 79.4 Å². The molecule has 3 aromatic heterocycles. The lowest BCUT2D eigenvalue weighted by molar-refractivity contribution is 0.628. The molecule has 5 aromatic rings. The molecule has 2 aromatic carbocycles. The molecule has 0 radical (unpaired) electrons. The number of nitrogens with zero attached hydrogens (tertiary/aromatic N) is 4. The van der Waals surface area contributed by atoms with E-state index in [0.717, 1.165) is 39.5 Å². The van der Waals surface area contributed by atoms with Gasteiger partial charge in [-0.2, -0.15) is 4.37 Å². The summed E-state index contributed by atoms with van der Waals surface area (Å²) in [5, 5.41) is 0.999. The van der Waals surface area contributed by atoms with Crippen molar-refractivity contribution < 1.29 is 4.39 Å². The van der Waals surface area contributed by atoms with Crippen LogP contribution >= 0.6 is 11.5 Å². The Morgan fingerprint density at radius 1 is 0.893 bits per heavy atom. The summed E-state index contributed by atoms with van der Waals surface area (Å²) in [6.45, 7) is 0.